The smallest absolute Gasteiger partial charge is 0.260 e. The zero-order valence-corrected chi connectivity index (χ0v) is 12.3. The maximum absolute atomic E-state index is 13.0. The topological polar surface area (TPSA) is 62.2 Å². The van der Waals surface area contributed by atoms with Crippen molar-refractivity contribution in [3.8, 4) is 0 Å². The number of alkyl halides is 2. The van der Waals surface area contributed by atoms with Crippen LogP contribution in [0.3, 0.4) is 0 Å². The van der Waals surface area contributed by atoms with Crippen LogP contribution in [0.2, 0.25) is 0 Å². The highest BCUT2D eigenvalue weighted by Crippen LogP contribution is 2.49. The van der Waals surface area contributed by atoms with E-state index in [2.05, 4.69) is 19.9 Å². The average molecular weight is 319 g/mol. The Kier molecular flexibility index (Phi) is 3.14. The van der Waals surface area contributed by atoms with Crippen LogP contribution in [-0.4, -0.2) is 57.9 Å². The molecule has 1 atom stereocenters. The molecule has 4 rings (SSSR count). The second-order valence-corrected chi connectivity index (χ2v) is 5.92. The Balaban J connectivity index is 1.48. The number of carbonyl (C=O) groups is 1. The molecule has 0 N–H and O–H groups in total. The van der Waals surface area contributed by atoms with Crippen LogP contribution in [0, 0.1) is 5.92 Å². The van der Waals surface area contributed by atoms with Crippen LogP contribution in [-0.2, 0) is 4.79 Å². The van der Waals surface area contributed by atoms with Crippen LogP contribution < -0.4 is 4.90 Å². The number of aromatic nitrogens is 3. The summed E-state index contributed by atoms with van der Waals surface area (Å²) in [5, 5.41) is 0.899. The molecule has 120 valence electrons. The lowest BCUT2D eigenvalue weighted by Gasteiger charge is -2.35. The van der Waals surface area contributed by atoms with Crippen LogP contribution in [0.25, 0.3) is 10.9 Å². The van der Waals surface area contributed by atoms with E-state index >= 15 is 0 Å². The van der Waals surface area contributed by atoms with E-state index in [1.807, 2.05) is 6.07 Å². The average Bonchev–Trinajstić information content (AvgIpc) is 3.22. The van der Waals surface area contributed by atoms with Crippen molar-refractivity contribution in [3.63, 3.8) is 0 Å². The molecule has 2 fully saturated rings. The fourth-order valence-corrected chi connectivity index (χ4v) is 2.99. The zero-order chi connectivity index (χ0) is 16.0. The molecule has 0 radical (unpaired) electrons. The summed E-state index contributed by atoms with van der Waals surface area (Å²) in [6.07, 6.45) is 4.54. The SMILES string of the molecule is O=C(C1CC1(F)F)N1CCN(c2ncnc3cnccc23)CC1. The van der Waals surface area contributed by atoms with E-state index in [1.54, 1.807) is 12.4 Å². The van der Waals surface area contributed by atoms with Crippen molar-refractivity contribution in [2.24, 2.45) is 5.92 Å². The number of fused-ring (bicyclic) bond motifs is 1. The third-order valence-electron chi connectivity index (χ3n) is 4.43. The maximum Gasteiger partial charge on any atom is 0.260 e. The minimum absolute atomic E-state index is 0.310. The number of piperazine rings is 1. The third-order valence-corrected chi connectivity index (χ3v) is 4.43. The molecule has 23 heavy (non-hydrogen) atoms. The van der Waals surface area contributed by atoms with E-state index in [9.17, 15) is 13.6 Å². The highest BCUT2D eigenvalue weighted by atomic mass is 19.3. The summed E-state index contributed by atoms with van der Waals surface area (Å²) < 4.78 is 26.1. The number of halogens is 2. The molecule has 0 spiro atoms. The first kappa shape index (κ1) is 14.2. The van der Waals surface area contributed by atoms with Crippen molar-refractivity contribution in [1.82, 2.24) is 19.9 Å². The lowest BCUT2D eigenvalue weighted by molar-refractivity contribution is -0.135. The molecule has 1 saturated carbocycles. The molecule has 1 aliphatic carbocycles. The number of nitrogens with zero attached hydrogens (tertiary/aromatic N) is 5. The number of amides is 1. The molecule has 1 unspecified atom stereocenters. The molecule has 8 heteroatoms. The van der Waals surface area contributed by atoms with Gasteiger partial charge in [-0.15, -0.1) is 0 Å². The summed E-state index contributed by atoms with van der Waals surface area (Å²) >= 11 is 0. The normalized spacial score (nSPS) is 23.1. The van der Waals surface area contributed by atoms with Gasteiger partial charge in [0.2, 0.25) is 5.91 Å². The molecule has 0 aromatic carbocycles. The number of carbonyl (C=O) groups excluding carboxylic acids is 1. The van der Waals surface area contributed by atoms with Gasteiger partial charge >= 0.3 is 0 Å². The van der Waals surface area contributed by atoms with E-state index in [-0.39, 0.29) is 6.42 Å². The molecule has 2 aromatic rings. The first-order valence-electron chi connectivity index (χ1n) is 7.52. The molecule has 2 aliphatic rings. The Hall–Kier alpha value is -2.38. The van der Waals surface area contributed by atoms with Gasteiger partial charge in [0.1, 0.15) is 18.1 Å². The van der Waals surface area contributed by atoms with Gasteiger partial charge in [-0.2, -0.15) is 0 Å². The molecule has 6 nitrogen and oxygen atoms in total. The quantitative estimate of drug-likeness (QED) is 0.836. The van der Waals surface area contributed by atoms with Crippen molar-refractivity contribution >= 4 is 22.6 Å². The monoisotopic (exact) mass is 319 g/mol. The van der Waals surface area contributed by atoms with Crippen LogP contribution in [0.4, 0.5) is 14.6 Å². The van der Waals surface area contributed by atoms with Crippen molar-refractivity contribution in [1.29, 1.82) is 0 Å². The van der Waals surface area contributed by atoms with Crippen molar-refractivity contribution in [2.75, 3.05) is 31.1 Å². The fraction of sp³-hybridized carbons (Fsp3) is 0.467. The van der Waals surface area contributed by atoms with E-state index in [0.717, 1.165) is 16.7 Å². The second kappa shape index (κ2) is 5.07. The predicted octanol–water partition coefficient (Wildman–Crippen LogP) is 1.33. The van der Waals surface area contributed by atoms with E-state index in [0.29, 0.717) is 26.2 Å². The molecule has 1 saturated heterocycles. The summed E-state index contributed by atoms with van der Waals surface area (Å²) in [4.78, 5) is 28.2. The number of rotatable bonds is 2. The lowest BCUT2D eigenvalue weighted by Crippen LogP contribution is -2.50. The van der Waals surface area contributed by atoms with Gasteiger partial charge in [0.25, 0.3) is 5.92 Å². The number of hydrogen-bond donors (Lipinski definition) is 0. The predicted molar refractivity (Wildman–Crippen MR) is 79.2 cm³/mol. The van der Waals surface area contributed by atoms with Crippen LogP contribution in [0.5, 0.6) is 0 Å². The minimum Gasteiger partial charge on any atom is -0.352 e. The lowest BCUT2D eigenvalue weighted by atomic mass is 10.2. The Morgan fingerprint density at radius 2 is 1.96 bits per heavy atom. The standard InChI is InChI=1S/C15H15F2N5O/c16-15(17)7-11(15)14(23)22-5-3-21(4-6-22)13-10-1-2-18-8-12(10)19-9-20-13/h1-2,8-9,11H,3-7H2. The van der Waals surface area contributed by atoms with E-state index < -0.39 is 17.7 Å². The molecule has 1 aliphatic heterocycles. The Bertz CT molecular complexity index is 755. The fourth-order valence-electron chi connectivity index (χ4n) is 2.99. The maximum atomic E-state index is 13.0. The van der Waals surface area contributed by atoms with Gasteiger partial charge in [0.15, 0.2) is 0 Å². The highest BCUT2D eigenvalue weighted by molar-refractivity contribution is 5.88. The first-order chi connectivity index (χ1) is 11.1. The molecular weight excluding hydrogens is 304 g/mol. The highest BCUT2D eigenvalue weighted by Gasteiger charge is 2.62. The van der Waals surface area contributed by atoms with Gasteiger partial charge in [0, 0.05) is 44.2 Å². The Morgan fingerprint density at radius 1 is 1.22 bits per heavy atom. The second-order valence-electron chi connectivity index (χ2n) is 5.92. The van der Waals surface area contributed by atoms with Crippen LogP contribution in [0.1, 0.15) is 6.42 Å². The van der Waals surface area contributed by atoms with Crippen molar-refractivity contribution in [3.05, 3.63) is 24.8 Å². The Morgan fingerprint density at radius 3 is 2.65 bits per heavy atom. The minimum atomic E-state index is -2.80. The van der Waals surface area contributed by atoms with Gasteiger partial charge in [-0.05, 0) is 6.07 Å². The summed E-state index contributed by atoms with van der Waals surface area (Å²) in [7, 11) is 0. The molecule has 2 aromatic heterocycles. The van der Waals surface area contributed by atoms with Gasteiger partial charge in [-0.3, -0.25) is 9.78 Å². The summed E-state index contributed by atoms with van der Waals surface area (Å²) in [5.41, 5.74) is 0.758. The first-order valence-corrected chi connectivity index (χ1v) is 7.52. The van der Waals surface area contributed by atoms with Gasteiger partial charge in [-0.25, -0.2) is 18.7 Å². The number of hydrogen-bond acceptors (Lipinski definition) is 5. The number of anilines is 1. The van der Waals surface area contributed by atoms with Crippen molar-refractivity contribution in [2.45, 2.75) is 12.3 Å². The molecule has 0 bridgehead atoms. The van der Waals surface area contributed by atoms with Crippen LogP contribution >= 0.6 is 0 Å². The van der Waals surface area contributed by atoms with Crippen molar-refractivity contribution < 1.29 is 13.6 Å². The van der Waals surface area contributed by atoms with E-state index in [4.69, 9.17) is 0 Å². The summed E-state index contributed by atoms with van der Waals surface area (Å²) in [6.45, 7) is 2.00. The Labute approximate surface area is 131 Å². The number of pyridine rings is 1. The van der Waals surface area contributed by atoms with Gasteiger partial charge < -0.3 is 9.80 Å². The molecule has 3 heterocycles. The molecular formula is C15H15F2N5O. The third kappa shape index (κ3) is 2.47. The van der Waals surface area contributed by atoms with Gasteiger partial charge in [0.05, 0.1) is 11.7 Å². The van der Waals surface area contributed by atoms with Crippen LogP contribution in [0.15, 0.2) is 24.8 Å². The summed E-state index contributed by atoms with van der Waals surface area (Å²) in [5.74, 6) is -3.54. The zero-order valence-electron chi connectivity index (χ0n) is 12.3. The molecule has 1 amide bonds. The van der Waals surface area contributed by atoms with Gasteiger partial charge in [-0.1, -0.05) is 0 Å². The summed E-state index contributed by atoms with van der Waals surface area (Å²) in [6, 6.07) is 1.85. The van der Waals surface area contributed by atoms with E-state index in [1.165, 1.54) is 11.2 Å². The largest absolute Gasteiger partial charge is 0.352 e.